The van der Waals surface area contributed by atoms with Crippen LogP contribution in [-0.4, -0.2) is 11.2 Å². The highest BCUT2D eigenvalue weighted by Crippen LogP contribution is 2.22. The van der Waals surface area contributed by atoms with Gasteiger partial charge >= 0.3 is 6.18 Å². The predicted molar refractivity (Wildman–Crippen MR) is 34.2 cm³/mol. The summed E-state index contributed by atoms with van der Waals surface area (Å²) in [6.45, 7) is -0.0398. The van der Waals surface area contributed by atoms with Gasteiger partial charge in [-0.15, -0.1) is 0 Å². The van der Waals surface area contributed by atoms with Gasteiger partial charge in [-0.2, -0.15) is 13.2 Å². The Morgan fingerprint density at radius 2 is 2.17 bits per heavy atom. The van der Waals surface area contributed by atoms with E-state index in [1.54, 1.807) is 0 Å². The molecule has 0 saturated carbocycles. The van der Waals surface area contributed by atoms with E-state index < -0.39 is 12.6 Å². The number of oxazole rings is 1. The summed E-state index contributed by atoms with van der Waals surface area (Å²) in [6, 6.07) is 0. The molecule has 0 aliphatic heterocycles. The van der Waals surface area contributed by atoms with Gasteiger partial charge in [0.05, 0.1) is 5.69 Å². The van der Waals surface area contributed by atoms with E-state index >= 15 is 0 Å². The molecule has 0 aromatic carbocycles. The molecule has 0 saturated heterocycles. The molecule has 0 aliphatic carbocycles. The molecule has 0 fully saturated rings. The van der Waals surface area contributed by atoms with Crippen LogP contribution in [0.1, 0.15) is 11.5 Å². The zero-order chi connectivity index (χ0) is 9.19. The Hall–Kier alpha value is -1.04. The summed E-state index contributed by atoms with van der Waals surface area (Å²) >= 11 is 0. The molecule has 1 aromatic rings. The lowest BCUT2D eigenvalue weighted by Gasteiger charge is -2.03. The average molecular weight is 180 g/mol. The van der Waals surface area contributed by atoms with Crippen molar-refractivity contribution in [2.24, 2.45) is 5.73 Å². The number of aromatic nitrogens is 1. The largest absolute Gasteiger partial charge is 0.448 e. The van der Waals surface area contributed by atoms with Gasteiger partial charge in [0.1, 0.15) is 12.2 Å². The fourth-order valence-corrected chi connectivity index (χ4v) is 0.786. The molecule has 12 heavy (non-hydrogen) atoms. The summed E-state index contributed by atoms with van der Waals surface area (Å²) in [5, 5.41) is 0. The van der Waals surface area contributed by atoms with Crippen molar-refractivity contribution >= 4 is 0 Å². The molecular weight excluding hydrogens is 173 g/mol. The van der Waals surface area contributed by atoms with E-state index in [0.717, 1.165) is 6.39 Å². The van der Waals surface area contributed by atoms with Gasteiger partial charge in [0.25, 0.3) is 0 Å². The van der Waals surface area contributed by atoms with E-state index in [1.807, 2.05) is 0 Å². The van der Waals surface area contributed by atoms with Gasteiger partial charge in [0.2, 0.25) is 0 Å². The third-order valence-corrected chi connectivity index (χ3v) is 1.28. The fraction of sp³-hybridized carbons (Fsp3) is 0.500. The first-order valence-corrected chi connectivity index (χ1v) is 3.21. The predicted octanol–water partition coefficient (Wildman–Crippen LogP) is 1.24. The van der Waals surface area contributed by atoms with Crippen molar-refractivity contribution in [2.45, 2.75) is 19.1 Å². The normalized spacial score (nSPS) is 12.0. The van der Waals surface area contributed by atoms with Gasteiger partial charge in [-0.1, -0.05) is 0 Å². The summed E-state index contributed by atoms with van der Waals surface area (Å²) < 4.78 is 39.9. The number of alkyl halides is 3. The number of nitrogens with zero attached hydrogens (tertiary/aromatic N) is 1. The maximum Gasteiger partial charge on any atom is 0.396 e. The molecule has 3 nitrogen and oxygen atoms in total. The Morgan fingerprint density at radius 1 is 1.50 bits per heavy atom. The summed E-state index contributed by atoms with van der Waals surface area (Å²) in [5.74, 6) is -0.204. The number of hydrogen-bond acceptors (Lipinski definition) is 3. The van der Waals surface area contributed by atoms with Crippen molar-refractivity contribution in [3.63, 3.8) is 0 Å². The lowest BCUT2D eigenvalue weighted by Crippen LogP contribution is -2.13. The second kappa shape index (κ2) is 3.14. The standard InChI is InChI=1S/C6H7F3N2O/c7-6(8,9)1-5-4(2-10)11-3-12-5/h3H,1-2,10H2. The second-order valence-electron chi connectivity index (χ2n) is 2.22. The maximum atomic E-state index is 11.8. The number of halogens is 3. The molecule has 0 amide bonds. The molecule has 68 valence electrons. The number of nitrogens with two attached hydrogens (primary N) is 1. The van der Waals surface area contributed by atoms with Crippen molar-refractivity contribution < 1.29 is 17.6 Å². The molecule has 0 atom stereocenters. The zero-order valence-electron chi connectivity index (χ0n) is 6.06. The lowest BCUT2D eigenvalue weighted by molar-refractivity contribution is -0.130. The molecule has 0 radical (unpaired) electrons. The second-order valence-corrected chi connectivity index (χ2v) is 2.22. The van der Waals surface area contributed by atoms with Crippen molar-refractivity contribution in [1.29, 1.82) is 0 Å². The van der Waals surface area contributed by atoms with Gasteiger partial charge in [-0.25, -0.2) is 4.98 Å². The van der Waals surface area contributed by atoms with Gasteiger partial charge < -0.3 is 10.2 Å². The summed E-state index contributed by atoms with van der Waals surface area (Å²) in [5.41, 5.74) is 5.28. The van der Waals surface area contributed by atoms with E-state index in [1.165, 1.54) is 0 Å². The zero-order valence-corrected chi connectivity index (χ0v) is 6.06. The van der Waals surface area contributed by atoms with Gasteiger partial charge in [0.15, 0.2) is 6.39 Å². The smallest absolute Gasteiger partial charge is 0.396 e. The Labute approximate surface area is 66.4 Å². The summed E-state index contributed by atoms with van der Waals surface area (Å²) in [6.07, 6.45) is -4.42. The SMILES string of the molecule is NCc1ncoc1CC(F)(F)F. The van der Waals surface area contributed by atoms with Crippen LogP contribution in [0.4, 0.5) is 13.2 Å². The van der Waals surface area contributed by atoms with Crippen LogP contribution in [0.15, 0.2) is 10.8 Å². The first-order chi connectivity index (χ1) is 5.53. The molecular formula is C6H7F3N2O. The van der Waals surface area contributed by atoms with Crippen molar-refractivity contribution in [3.05, 3.63) is 17.8 Å². The fourth-order valence-electron chi connectivity index (χ4n) is 0.786. The molecule has 1 aromatic heterocycles. The topological polar surface area (TPSA) is 52.0 Å². The molecule has 1 heterocycles. The van der Waals surface area contributed by atoms with Crippen molar-refractivity contribution in [2.75, 3.05) is 0 Å². The highest BCUT2D eigenvalue weighted by atomic mass is 19.4. The summed E-state index contributed by atoms with van der Waals surface area (Å²) in [7, 11) is 0. The average Bonchev–Trinajstić information content (AvgIpc) is 2.31. The number of hydrogen-bond donors (Lipinski definition) is 1. The van der Waals surface area contributed by atoms with Gasteiger partial charge in [0, 0.05) is 6.54 Å². The van der Waals surface area contributed by atoms with E-state index in [9.17, 15) is 13.2 Å². The maximum absolute atomic E-state index is 11.8. The van der Waals surface area contributed by atoms with Gasteiger partial charge in [-0.05, 0) is 0 Å². The van der Waals surface area contributed by atoms with E-state index in [-0.39, 0.29) is 18.0 Å². The van der Waals surface area contributed by atoms with Crippen LogP contribution < -0.4 is 5.73 Å². The van der Waals surface area contributed by atoms with Crippen LogP contribution in [0.3, 0.4) is 0 Å². The van der Waals surface area contributed by atoms with Crippen LogP contribution in [0.5, 0.6) is 0 Å². The summed E-state index contributed by atoms with van der Waals surface area (Å²) in [4.78, 5) is 3.53. The Morgan fingerprint density at radius 3 is 2.67 bits per heavy atom. The van der Waals surface area contributed by atoms with Crippen LogP contribution in [-0.2, 0) is 13.0 Å². The Bertz CT molecular complexity index is 256. The van der Waals surface area contributed by atoms with E-state index in [4.69, 9.17) is 5.73 Å². The minimum atomic E-state index is -4.27. The van der Waals surface area contributed by atoms with E-state index in [2.05, 4.69) is 9.40 Å². The molecule has 6 heteroatoms. The third kappa shape index (κ3) is 2.23. The van der Waals surface area contributed by atoms with Crippen LogP contribution >= 0.6 is 0 Å². The van der Waals surface area contributed by atoms with E-state index in [0.29, 0.717) is 0 Å². The highest BCUT2D eigenvalue weighted by Gasteiger charge is 2.30. The molecule has 1 rings (SSSR count). The molecule has 0 spiro atoms. The first kappa shape index (κ1) is 9.05. The first-order valence-electron chi connectivity index (χ1n) is 3.21. The van der Waals surface area contributed by atoms with Crippen molar-refractivity contribution in [3.8, 4) is 0 Å². The van der Waals surface area contributed by atoms with Crippen LogP contribution in [0.2, 0.25) is 0 Å². The lowest BCUT2D eigenvalue weighted by atomic mass is 10.2. The van der Waals surface area contributed by atoms with Crippen molar-refractivity contribution in [1.82, 2.24) is 4.98 Å². The monoisotopic (exact) mass is 180 g/mol. The molecule has 0 aliphatic rings. The Balaban J connectivity index is 2.75. The molecule has 2 N–H and O–H groups in total. The molecule has 0 unspecified atom stereocenters. The minimum absolute atomic E-state index is 0.0398. The third-order valence-electron chi connectivity index (χ3n) is 1.28. The number of rotatable bonds is 2. The molecule has 0 bridgehead atoms. The quantitative estimate of drug-likeness (QED) is 0.744. The van der Waals surface area contributed by atoms with Crippen LogP contribution in [0, 0.1) is 0 Å². The van der Waals surface area contributed by atoms with Crippen LogP contribution in [0.25, 0.3) is 0 Å². The minimum Gasteiger partial charge on any atom is -0.448 e. The van der Waals surface area contributed by atoms with Gasteiger partial charge in [-0.3, -0.25) is 0 Å². The highest BCUT2D eigenvalue weighted by molar-refractivity contribution is 5.07. The Kier molecular flexibility index (Phi) is 2.37.